The molecule has 3 nitrogen and oxygen atoms in total. The van der Waals surface area contributed by atoms with Crippen molar-refractivity contribution in [1.82, 2.24) is 0 Å². The molecule has 126 valence electrons. The molecule has 0 fully saturated rings. The highest BCUT2D eigenvalue weighted by molar-refractivity contribution is 6.30. The monoisotopic (exact) mass is 351 g/mol. The van der Waals surface area contributed by atoms with Gasteiger partial charge in [-0.05, 0) is 41.8 Å². The maximum atomic E-state index is 12.4. The average Bonchev–Trinajstić information content (AvgIpc) is 2.64. The predicted molar refractivity (Wildman–Crippen MR) is 101 cm³/mol. The summed E-state index contributed by atoms with van der Waals surface area (Å²) in [5.74, 6) is -0.0665. The van der Waals surface area contributed by atoms with Crippen molar-refractivity contribution in [2.24, 2.45) is 0 Å². The van der Waals surface area contributed by atoms with Gasteiger partial charge in [0.2, 0.25) is 6.04 Å². The number of nitrogens with one attached hydrogen (secondary N) is 1. The summed E-state index contributed by atoms with van der Waals surface area (Å²) in [5.41, 5.74) is 3.23. The summed E-state index contributed by atoms with van der Waals surface area (Å²) >= 11 is 5.86. The van der Waals surface area contributed by atoms with E-state index in [1.54, 1.807) is 24.3 Å². The van der Waals surface area contributed by atoms with E-state index in [2.05, 4.69) is 29.6 Å². The normalized spacial score (nSPS) is 11.8. The third-order valence-electron chi connectivity index (χ3n) is 4.11. The Morgan fingerprint density at radius 3 is 2.20 bits per heavy atom. The zero-order valence-corrected chi connectivity index (χ0v) is 14.8. The molecule has 1 aromatic heterocycles. The maximum Gasteiger partial charge on any atom is 0.293 e. The third-order valence-corrected chi connectivity index (χ3v) is 4.36. The van der Waals surface area contributed by atoms with Crippen LogP contribution in [-0.2, 0) is 11.2 Å². The van der Waals surface area contributed by atoms with Crippen molar-refractivity contribution < 1.29 is 9.36 Å². The van der Waals surface area contributed by atoms with E-state index >= 15 is 0 Å². The lowest BCUT2D eigenvalue weighted by atomic mass is 10.1. The molecule has 1 N–H and O–H groups in total. The van der Waals surface area contributed by atoms with Crippen LogP contribution in [0.25, 0.3) is 0 Å². The van der Waals surface area contributed by atoms with Gasteiger partial charge >= 0.3 is 0 Å². The number of carbonyl (C=O) groups excluding carboxylic acids is 1. The maximum absolute atomic E-state index is 12.4. The first-order valence-electron chi connectivity index (χ1n) is 8.22. The van der Waals surface area contributed by atoms with Gasteiger partial charge in [0.1, 0.15) is 0 Å². The second kappa shape index (κ2) is 7.95. The van der Waals surface area contributed by atoms with Crippen LogP contribution < -0.4 is 9.88 Å². The van der Waals surface area contributed by atoms with E-state index in [0.29, 0.717) is 5.02 Å². The smallest absolute Gasteiger partial charge is 0.293 e. The van der Waals surface area contributed by atoms with Crippen LogP contribution in [-0.4, -0.2) is 5.91 Å². The summed E-state index contributed by atoms with van der Waals surface area (Å²) in [6.45, 7) is 1.88. The molecule has 0 saturated heterocycles. The Bertz CT molecular complexity index is 830. The molecule has 0 bridgehead atoms. The van der Waals surface area contributed by atoms with Crippen LogP contribution in [0.2, 0.25) is 5.02 Å². The van der Waals surface area contributed by atoms with Gasteiger partial charge in [-0.15, -0.1) is 0 Å². The van der Waals surface area contributed by atoms with Crippen LogP contribution in [0, 0.1) is 0 Å². The van der Waals surface area contributed by atoms with Crippen LogP contribution in [0.5, 0.6) is 0 Å². The number of nitrogens with zero attached hydrogens (tertiary/aromatic N) is 1. The van der Waals surface area contributed by atoms with Crippen LogP contribution in [0.3, 0.4) is 0 Å². The van der Waals surface area contributed by atoms with Crippen LogP contribution in [0.1, 0.15) is 24.1 Å². The zero-order chi connectivity index (χ0) is 17.6. The largest absolute Gasteiger partial charge is 0.320 e. The molecular formula is C21H20ClN2O+. The van der Waals surface area contributed by atoms with E-state index in [1.165, 1.54) is 11.1 Å². The standard InChI is InChI=1S/C21H19ClN2O/c1-16(21(25)23-20-9-7-19(22)8-10-20)24-13-11-18(12-14-24)15-17-5-3-2-4-6-17/h2-14,16H,15H2,1H3/p+1/t16-/m0/s1. The van der Waals surface area contributed by atoms with Gasteiger partial charge in [-0.3, -0.25) is 4.79 Å². The molecule has 0 unspecified atom stereocenters. The molecule has 3 rings (SSSR count). The van der Waals surface area contributed by atoms with Gasteiger partial charge in [0, 0.05) is 29.8 Å². The fourth-order valence-electron chi connectivity index (χ4n) is 2.59. The molecule has 1 amide bonds. The molecule has 25 heavy (non-hydrogen) atoms. The quantitative estimate of drug-likeness (QED) is 0.678. The highest BCUT2D eigenvalue weighted by Crippen LogP contribution is 2.14. The predicted octanol–water partition coefficient (Wildman–Crippen LogP) is 4.42. The summed E-state index contributed by atoms with van der Waals surface area (Å²) in [6, 6.07) is 21.2. The average molecular weight is 352 g/mol. The summed E-state index contributed by atoms with van der Waals surface area (Å²) in [4.78, 5) is 12.4. The Morgan fingerprint density at radius 1 is 0.960 bits per heavy atom. The molecule has 0 aliphatic rings. The van der Waals surface area contributed by atoms with Crippen molar-refractivity contribution in [3.8, 4) is 0 Å². The summed E-state index contributed by atoms with van der Waals surface area (Å²) in [5, 5.41) is 3.55. The molecule has 0 spiro atoms. The van der Waals surface area contributed by atoms with Crippen LogP contribution in [0.4, 0.5) is 5.69 Å². The van der Waals surface area contributed by atoms with Crippen LogP contribution in [0.15, 0.2) is 79.1 Å². The Labute approximate surface area is 152 Å². The summed E-state index contributed by atoms with van der Waals surface area (Å²) in [6.07, 6.45) is 4.78. The van der Waals surface area contributed by atoms with E-state index < -0.39 is 0 Å². The second-order valence-corrected chi connectivity index (χ2v) is 6.42. The number of hydrogen-bond donors (Lipinski definition) is 1. The van der Waals surface area contributed by atoms with Gasteiger partial charge in [0.05, 0.1) is 0 Å². The Hall–Kier alpha value is -2.65. The lowest BCUT2D eigenvalue weighted by Crippen LogP contribution is -2.44. The molecular weight excluding hydrogens is 332 g/mol. The van der Waals surface area contributed by atoms with E-state index in [4.69, 9.17) is 11.6 Å². The minimum absolute atomic E-state index is 0.0665. The first kappa shape index (κ1) is 17.2. The van der Waals surface area contributed by atoms with E-state index in [9.17, 15) is 4.79 Å². The van der Waals surface area contributed by atoms with Gasteiger partial charge in [0.25, 0.3) is 5.91 Å². The number of hydrogen-bond acceptors (Lipinski definition) is 1. The van der Waals surface area contributed by atoms with Crippen molar-refractivity contribution in [2.75, 3.05) is 5.32 Å². The fraction of sp³-hybridized carbons (Fsp3) is 0.143. The van der Waals surface area contributed by atoms with Gasteiger partial charge in [0.15, 0.2) is 12.4 Å². The number of anilines is 1. The van der Waals surface area contributed by atoms with Gasteiger partial charge in [-0.1, -0.05) is 41.9 Å². The SMILES string of the molecule is C[C@@H](C(=O)Nc1ccc(Cl)cc1)[n+]1ccc(Cc2ccccc2)cc1. The van der Waals surface area contributed by atoms with Crippen molar-refractivity contribution in [3.05, 3.63) is 95.3 Å². The lowest BCUT2D eigenvalue weighted by molar-refractivity contribution is -0.705. The molecule has 4 heteroatoms. The third kappa shape index (κ3) is 4.68. The molecule has 2 aromatic carbocycles. The number of benzene rings is 2. The topological polar surface area (TPSA) is 33.0 Å². The number of amides is 1. The highest BCUT2D eigenvalue weighted by atomic mass is 35.5. The number of rotatable bonds is 5. The van der Waals surface area contributed by atoms with E-state index in [0.717, 1.165) is 12.1 Å². The lowest BCUT2D eigenvalue weighted by Gasteiger charge is -2.09. The van der Waals surface area contributed by atoms with Crippen molar-refractivity contribution in [2.45, 2.75) is 19.4 Å². The molecule has 0 aliphatic heterocycles. The van der Waals surface area contributed by atoms with Gasteiger partial charge < -0.3 is 5.32 Å². The first-order chi connectivity index (χ1) is 12.1. The van der Waals surface area contributed by atoms with Crippen molar-refractivity contribution in [1.29, 1.82) is 0 Å². The summed E-state index contributed by atoms with van der Waals surface area (Å²) < 4.78 is 1.90. The number of halogens is 1. The minimum atomic E-state index is -0.304. The first-order valence-corrected chi connectivity index (χ1v) is 8.59. The zero-order valence-electron chi connectivity index (χ0n) is 14.0. The Balaban J connectivity index is 1.64. The van der Waals surface area contributed by atoms with Gasteiger partial charge in [-0.2, -0.15) is 4.57 Å². The number of aromatic nitrogens is 1. The second-order valence-electron chi connectivity index (χ2n) is 5.99. The van der Waals surface area contributed by atoms with Gasteiger partial charge in [-0.25, -0.2) is 0 Å². The summed E-state index contributed by atoms with van der Waals surface area (Å²) in [7, 11) is 0. The Morgan fingerprint density at radius 2 is 1.56 bits per heavy atom. The molecule has 3 aromatic rings. The highest BCUT2D eigenvalue weighted by Gasteiger charge is 2.21. The molecule has 0 radical (unpaired) electrons. The molecule has 1 atom stereocenters. The fourth-order valence-corrected chi connectivity index (χ4v) is 2.72. The van der Waals surface area contributed by atoms with Crippen LogP contribution >= 0.6 is 11.6 Å². The molecule has 1 heterocycles. The number of carbonyl (C=O) groups is 1. The van der Waals surface area contributed by atoms with Crippen molar-refractivity contribution >= 4 is 23.2 Å². The number of pyridine rings is 1. The van der Waals surface area contributed by atoms with E-state index in [1.807, 2.05) is 42.1 Å². The molecule has 0 aliphatic carbocycles. The van der Waals surface area contributed by atoms with Crippen molar-refractivity contribution in [3.63, 3.8) is 0 Å². The minimum Gasteiger partial charge on any atom is -0.320 e. The van der Waals surface area contributed by atoms with E-state index in [-0.39, 0.29) is 11.9 Å². The molecule has 0 saturated carbocycles. The Kier molecular flexibility index (Phi) is 5.46.